The number of carboxylic acid groups (broad SMARTS) is 1. The summed E-state index contributed by atoms with van der Waals surface area (Å²) in [5, 5.41) is 14.1. The van der Waals surface area contributed by atoms with E-state index in [1.165, 1.54) is 0 Å². The van der Waals surface area contributed by atoms with E-state index in [4.69, 9.17) is 9.84 Å². The van der Waals surface area contributed by atoms with E-state index >= 15 is 0 Å². The molecule has 7 nitrogen and oxygen atoms in total. The Labute approximate surface area is 175 Å². The number of hydrogen-bond donors (Lipinski definition) is 3. The number of ether oxygens (including phenoxy) is 1. The predicted molar refractivity (Wildman–Crippen MR) is 112 cm³/mol. The third kappa shape index (κ3) is 4.45. The molecule has 0 unspecified atom stereocenters. The normalized spacial score (nSPS) is 14.2. The van der Waals surface area contributed by atoms with Crippen LogP contribution in [0.4, 0.5) is 4.79 Å². The van der Waals surface area contributed by atoms with E-state index in [1.54, 1.807) is 13.8 Å². The van der Waals surface area contributed by atoms with Crippen LogP contribution in [0.5, 0.6) is 0 Å². The number of benzene rings is 2. The van der Waals surface area contributed by atoms with Crippen LogP contribution in [0.25, 0.3) is 11.1 Å². The van der Waals surface area contributed by atoms with Crippen molar-refractivity contribution < 1.29 is 24.2 Å². The molecule has 30 heavy (non-hydrogen) atoms. The standard InChI is InChI=1S/C23H26N2O5/c1-3-19(21(26)24-20(4-2)22(27)28)25-23(29)30-13-18-16-11-7-5-9-14(16)15-10-6-8-12-17(15)18/h5-12,18-20H,3-4,13H2,1-2H3,(H,24,26)(H,25,29)(H,27,28)/t19-,20+/m0/s1. The summed E-state index contributed by atoms with van der Waals surface area (Å²) in [7, 11) is 0. The highest BCUT2D eigenvalue weighted by atomic mass is 16.5. The maximum Gasteiger partial charge on any atom is 0.407 e. The average Bonchev–Trinajstić information content (AvgIpc) is 3.07. The van der Waals surface area contributed by atoms with E-state index in [2.05, 4.69) is 22.8 Å². The van der Waals surface area contributed by atoms with E-state index in [0.29, 0.717) is 6.42 Å². The number of rotatable bonds is 8. The van der Waals surface area contributed by atoms with Crippen molar-refractivity contribution in [3.63, 3.8) is 0 Å². The van der Waals surface area contributed by atoms with Gasteiger partial charge in [0.2, 0.25) is 5.91 Å². The molecule has 2 aromatic carbocycles. The summed E-state index contributed by atoms with van der Waals surface area (Å²) < 4.78 is 5.45. The number of hydrogen-bond acceptors (Lipinski definition) is 4. The Morgan fingerprint density at radius 2 is 1.43 bits per heavy atom. The van der Waals surface area contributed by atoms with Gasteiger partial charge in [-0.25, -0.2) is 9.59 Å². The van der Waals surface area contributed by atoms with Gasteiger partial charge in [0.25, 0.3) is 0 Å². The molecule has 3 N–H and O–H groups in total. The van der Waals surface area contributed by atoms with E-state index in [1.807, 2.05) is 36.4 Å². The zero-order valence-electron chi connectivity index (χ0n) is 17.1. The van der Waals surface area contributed by atoms with Gasteiger partial charge in [0, 0.05) is 5.92 Å². The number of fused-ring (bicyclic) bond motifs is 3. The largest absolute Gasteiger partial charge is 0.480 e. The Balaban J connectivity index is 1.63. The monoisotopic (exact) mass is 410 g/mol. The number of alkyl carbamates (subject to hydrolysis) is 1. The smallest absolute Gasteiger partial charge is 0.407 e. The van der Waals surface area contributed by atoms with Gasteiger partial charge in [-0.3, -0.25) is 4.79 Å². The number of carbonyl (C=O) groups is 3. The molecular weight excluding hydrogens is 384 g/mol. The molecule has 158 valence electrons. The van der Waals surface area contributed by atoms with Crippen molar-refractivity contribution in [2.45, 2.75) is 44.7 Å². The lowest BCUT2D eigenvalue weighted by molar-refractivity contribution is -0.142. The van der Waals surface area contributed by atoms with E-state index < -0.39 is 30.1 Å². The van der Waals surface area contributed by atoms with E-state index in [-0.39, 0.29) is 18.9 Å². The van der Waals surface area contributed by atoms with Crippen LogP contribution in [-0.4, -0.2) is 41.8 Å². The lowest BCUT2D eigenvalue weighted by Crippen LogP contribution is -2.51. The Hall–Kier alpha value is -3.35. The SMILES string of the molecule is CC[C@H](NC(=O)OCC1c2ccccc2-c2ccccc21)C(=O)N[C@H](CC)C(=O)O. The third-order valence-corrected chi connectivity index (χ3v) is 5.38. The first-order valence-electron chi connectivity index (χ1n) is 10.1. The Morgan fingerprint density at radius 3 is 1.93 bits per heavy atom. The van der Waals surface area contributed by atoms with Crippen LogP contribution in [0.1, 0.15) is 43.7 Å². The molecule has 0 saturated carbocycles. The molecule has 0 bridgehead atoms. The molecule has 0 radical (unpaired) electrons. The minimum absolute atomic E-state index is 0.0754. The van der Waals surface area contributed by atoms with Gasteiger partial charge in [0.05, 0.1) is 0 Å². The fourth-order valence-electron chi connectivity index (χ4n) is 3.75. The summed E-state index contributed by atoms with van der Waals surface area (Å²) in [6, 6.07) is 14.2. The van der Waals surface area contributed by atoms with Crippen LogP contribution >= 0.6 is 0 Å². The first-order valence-corrected chi connectivity index (χ1v) is 10.1. The maximum absolute atomic E-state index is 12.4. The van der Waals surface area contributed by atoms with Crippen molar-refractivity contribution in [3.05, 3.63) is 59.7 Å². The Bertz CT molecular complexity index is 897. The van der Waals surface area contributed by atoms with Crippen LogP contribution < -0.4 is 10.6 Å². The van der Waals surface area contributed by atoms with Gasteiger partial charge in [-0.2, -0.15) is 0 Å². The van der Waals surface area contributed by atoms with E-state index in [9.17, 15) is 14.4 Å². The molecule has 2 amide bonds. The van der Waals surface area contributed by atoms with Gasteiger partial charge < -0.3 is 20.5 Å². The highest BCUT2D eigenvalue weighted by molar-refractivity contribution is 5.89. The molecule has 0 aliphatic heterocycles. The second kappa shape index (κ2) is 9.43. The summed E-state index contributed by atoms with van der Waals surface area (Å²) >= 11 is 0. The Kier molecular flexibility index (Phi) is 6.72. The van der Waals surface area contributed by atoms with Crippen molar-refractivity contribution in [2.24, 2.45) is 0 Å². The molecule has 2 atom stereocenters. The van der Waals surface area contributed by atoms with Crippen molar-refractivity contribution in [2.75, 3.05) is 6.61 Å². The summed E-state index contributed by atoms with van der Waals surface area (Å²) in [5.74, 6) is -1.73. The number of aliphatic carboxylic acids is 1. The molecule has 0 heterocycles. The first-order chi connectivity index (χ1) is 14.5. The third-order valence-electron chi connectivity index (χ3n) is 5.38. The highest BCUT2D eigenvalue weighted by Gasteiger charge is 2.30. The molecule has 0 fully saturated rings. The first kappa shape index (κ1) is 21.4. The number of amides is 2. The van der Waals surface area contributed by atoms with Crippen molar-refractivity contribution >= 4 is 18.0 Å². The van der Waals surface area contributed by atoms with Crippen molar-refractivity contribution in [1.29, 1.82) is 0 Å². The lowest BCUT2D eigenvalue weighted by Gasteiger charge is -2.20. The molecule has 0 spiro atoms. The minimum Gasteiger partial charge on any atom is -0.480 e. The van der Waals surface area contributed by atoms with Gasteiger partial charge in [-0.15, -0.1) is 0 Å². The highest BCUT2D eigenvalue weighted by Crippen LogP contribution is 2.44. The molecule has 0 aromatic heterocycles. The number of nitrogens with one attached hydrogen (secondary N) is 2. The fourth-order valence-corrected chi connectivity index (χ4v) is 3.75. The van der Waals surface area contributed by atoms with Crippen LogP contribution in [0.3, 0.4) is 0 Å². The number of carbonyl (C=O) groups excluding carboxylic acids is 2. The summed E-state index contributed by atoms with van der Waals surface area (Å²) in [5.41, 5.74) is 4.46. The molecule has 1 aliphatic carbocycles. The van der Waals surface area contributed by atoms with Gasteiger partial charge >= 0.3 is 12.1 Å². The zero-order valence-corrected chi connectivity index (χ0v) is 17.1. The molecule has 3 rings (SSSR count). The summed E-state index contributed by atoms with van der Waals surface area (Å²) in [4.78, 5) is 35.8. The van der Waals surface area contributed by atoms with Gasteiger partial charge in [-0.05, 0) is 35.1 Å². The maximum atomic E-state index is 12.4. The van der Waals surface area contributed by atoms with Gasteiger partial charge in [-0.1, -0.05) is 62.4 Å². The minimum atomic E-state index is -1.11. The Morgan fingerprint density at radius 1 is 0.900 bits per heavy atom. The fraction of sp³-hybridized carbons (Fsp3) is 0.348. The predicted octanol–water partition coefficient (Wildman–Crippen LogP) is 3.28. The molecule has 7 heteroatoms. The number of carboxylic acids is 1. The van der Waals surface area contributed by atoms with Crippen LogP contribution in [0.2, 0.25) is 0 Å². The summed E-state index contributed by atoms with van der Waals surface area (Å²) in [6.45, 7) is 3.54. The average molecular weight is 410 g/mol. The van der Waals surface area contributed by atoms with Gasteiger partial charge in [0.15, 0.2) is 0 Å². The van der Waals surface area contributed by atoms with Crippen LogP contribution in [0.15, 0.2) is 48.5 Å². The quantitative estimate of drug-likeness (QED) is 0.619. The molecular formula is C23H26N2O5. The molecule has 0 saturated heterocycles. The second-order valence-corrected chi connectivity index (χ2v) is 7.24. The van der Waals surface area contributed by atoms with Crippen LogP contribution in [0, 0.1) is 0 Å². The zero-order chi connectivity index (χ0) is 21.7. The van der Waals surface area contributed by atoms with Crippen molar-refractivity contribution in [1.82, 2.24) is 10.6 Å². The topological polar surface area (TPSA) is 105 Å². The van der Waals surface area contributed by atoms with E-state index in [0.717, 1.165) is 22.3 Å². The van der Waals surface area contributed by atoms with Crippen molar-refractivity contribution in [3.8, 4) is 11.1 Å². The molecule has 1 aliphatic rings. The van der Waals surface area contributed by atoms with Crippen LogP contribution in [-0.2, 0) is 14.3 Å². The second-order valence-electron chi connectivity index (χ2n) is 7.24. The van der Waals surface area contributed by atoms with Gasteiger partial charge in [0.1, 0.15) is 18.7 Å². The summed E-state index contributed by atoms with van der Waals surface area (Å²) in [6.07, 6.45) is -0.142. The molecule has 2 aromatic rings. The lowest BCUT2D eigenvalue weighted by atomic mass is 9.98.